The van der Waals surface area contributed by atoms with E-state index >= 15 is 0 Å². The molecule has 2 aliphatic heterocycles. The molecule has 0 fully saturated rings. The summed E-state index contributed by atoms with van der Waals surface area (Å²) in [6.07, 6.45) is 2.99. The van der Waals surface area contributed by atoms with E-state index in [9.17, 15) is 39.6 Å². The third-order valence-corrected chi connectivity index (χ3v) is 14.6. The Labute approximate surface area is 376 Å². The number of likely N-dealkylation sites (N-methyl/N-ethyl adjacent to an activating group) is 4. The van der Waals surface area contributed by atoms with Gasteiger partial charge in [0.05, 0.1) is 108 Å². The Balaban J connectivity index is 1.12. The molecule has 2 atom stereocenters. The molecule has 0 saturated heterocycles. The van der Waals surface area contributed by atoms with Gasteiger partial charge in [-0.15, -0.1) is 0 Å². The minimum absolute atomic E-state index is 0.0382. The van der Waals surface area contributed by atoms with Crippen molar-refractivity contribution in [3.63, 3.8) is 0 Å². The van der Waals surface area contributed by atoms with Gasteiger partial charge in [-0.25, -0.2) is 0 Å². The molecule has 64 heavy (non-hydrogen) atoms. The highest BCUT2D eigenvalue weighted by atomic mass is 16.3. The Bertz CT molecular complexity index is 2280. The second kappa shape index (κ2) is 18.7. The first-order chi connectivity index (χ1) is 30.4. The maximum absolute atomic E-state index is 14.2. The van der Waals surface area contributed by atoms with Crippen LogP contribution in [0.5, 0.6) is 0 Å². The van der Waals surface area contributed by atoms with Crippen molar-refractivity contribution in [2.75, 3.05) is 147 Å². The molecule has 2 heterocycles. The predicted molar refractivity (Wildman–Crippen MR) is 250 cm³/mol. The summed E-state index contributed by atoms with van der Waals surface area (Å²) in [4.78, 5) is 59.7. The van der Waals surface area contributed by atoms with Gasteiger partial charge >= 0.3 is 0 Å². The molecule has 0 aliphatic carbocycles. The maximum Gasteiger partial charge on any atom is 0.261 e. The van der Waals surface area contributed by atoms with Crippen LogP contribution in [0.25, 0.3) is 43.1 Å². The number of rotatable bonds is 24. The summed E-state index contributed by atoms with van der Waals surface area (Å²) >= 11 is 0. The molecule has 7 rings (SSSR count). The number of carbonyl (C=O) groups excluding carboxylic acids is 4. The Morgan fingerprint density at radius 1 is 0.359 bits per heavy atom. The number of imide groups is 2. The fourth-order valence-electron chi connectivity index (χ4n) is 10.7. The zero-order valence-electron chi connectivity index (χ0n) is 38.9. The van der Waals surface area contributed by atoms with Crippen LogP contribution >= 0.6 is 0 Å². The van der Waals surface area contributed by atoms with Gasteiger partial charge < -0.3 is 38.4 Å². The molecule has 14 heteroatoms. The highest BCUT2D eigenvalue weighted by molar-refractivity contribution is 6.41. The first-order valence-electron chi connectivity index (χ1n) is 23.1. The van der Waals surface area contributed by atoms with Crippen LogP contribution in [-0.2, 0) is 0 Å². The fraction of sp³-hybridized carbons (Fsp3) is 0.520. The van der Waals surface area contributed by atoms with Gasteiger partial charge in [0.15, 0.2) is 0 Å². The van der Waals surface area contributed by atoms with E-state index < -0.39 is 0 Å². The number of fused-ring (bicyclic) bond motifs is 2. The van der Waals surface area contributed by atoms with Crippen LogP contribution in [0.1, 0.15) is 67.1 Å². The minimum Gasteiger partial charge on any atom is -0.391 e. The van der Waals surface area contributed by atoms with E-state index in [4.69, 9.17) is 0 Å². The Kier molecular flexibility index (Phi) is 13.8. The number of hydrogen-bond acceptors (Lipinski definition) is 8. The summed E-state index contributed by atoms with van der Waals surface area (Å²) in [5, 5.41) is 45.0. The topological polar surface area (TPSA) is 156 Å². The van der Waals surface area contributed by atoms with E-state index in [1.807, 2.05) is 48.5 Å². The van der Waals surface area contributed by atoms with Gasteiger partial charge in [0.1, 0.15) is 26.2 Å². The van der Waals surface area contributed by atoms with Crippen molar-refractivity contribution in [1.29, 1.82) is 0 Å². The lowest BCUT2D eigenvalue weighted by molar-refractivity contribution is -0.921. The molecule has 2 unspecified atom stereocenters. The number of aliphatic hydroxyl groups is 4. The van der Waals surface area contributed by atoms with Crippen LogP contribution in [0, 0.1) is 0 Å². The van der Waals surface area contributed by atoms with Crippen LogP contribution in [0.2, 0.25) is 0 Å². The second-order valence-corrected chi connectivity index (χ2v) is 20.3. The van der Waals surface area contributed by atoms with Gasteiger partial charge in [-0.1, -0.05) is 24.3 Å². The summed E-state index contributed by atoms with van der Waals surface area (Å²) in [7, 11) is 12.6. The lowest BCUT2D eigenvalue weighted by Gasteiger charge is -2.37. The first kappa shape index (κ1) is 47.3. The van der Waals surface area contributed by atoms with Crippen molar-refractivity contribution < 1.29 is 57.5 Å². The van der Waals surface area contributed by atoms with Crippen molar-refractivity contribution in [3.05, 3.63) is 70.8 Å². The Morgan fingerprint density at radius 3 is 0.922 bits per heavy atom. The van der Waals surface area contributed by atoms with Crippen LogP contribution in [-0.4, -0.2) is 219 Å². The highest BCUT2D eigenvalue weighted by Crippen LogP contribution is 2.46. The lowest BCUT2D eigenvalue weighted by Crippen LogP contribution is -2.51. The first-order valence-corrected chi connectivity index (χ1v) is 23.1. The van der Waals surface area contributed by atoms with Gasteiger partial charge in [0.25, 0.3) is 23.6 Å². The molecule has 14 nitrogen and oxygen atoms in total. The molecular weight excluding hydrogens is 813 g/mol. The average molecular weight is 883 g/mol. The molecule has 4 amide bonds. The van der Waals surface area contributed by atoms with Crippen LogP contribution in [0.4, 0.5) is 0 Å². The largest absolute Gasteiger partial charge is 0.391 e. The number of nitrogens with zero attached hydrogens (tertiary/aromatic N) is 6. The number of hydrogen-bond donors (Lipinski definition) is 4. The van der Waals surface area contributed by atoms with Gasteiger partial charge in [-0.05, 0) is 56.6 Å². The Hall–Kier alpha value is -4.64. The molecule has 5 aromatic rings. The number of carbonyl (C=O) groups is 4. The quantitative estimate of drug-likeness (QED) is 0.0318. The predicted octanol–water partition coefficient (Wildman–Crippen LogP) is 3.50. The van der Waals surface area contributed by atoms with Gasteiger partial charge in [-0.2, -0.15) is 0 Å². The molecule has 344 valence electrons. The Morgan fingerprint density at radius 2 is 0.641 bits per heavy atom. The monoisotopic (exact) mass is 883 g/mol. The van der Waals surface area contributed by atoms with Crippen molar-refractivity contribution in [1.82, 2.24) is 9.80 Å². The van der Waals surface area contributed by atoms with E-state index in [0.717, 1.165) is 71.3 Å². The molecule has 0 radical (unpaired) electrons. The summed E-state index contributed by atoms with van der Waals surface area (Å²) in [5.74, 6) is -1.32. The van der Waals surface area contributed by atoms with Crippen LogP contribution in [0.15, 0.2) is 48.5 Å². The molecule has 0 spiro atoms. The van der Waals surface area contributed by atoms with Gasteiger partial charge in [-0.3, -0.25) is 29.0 Å². The van der Waals surface area contributed by atoms with E-state index in [1.165, 1.54) is 9.80 Å². The highest BCUT2D eigenvalue weighted by Gasteiger charge is 2.38. The zero-order chi connectivity index (χ0) is 46.2. The molecule has 5 aromatic carbocycles. The number of amides is 4. The van der Waals surface area contributed by atoms with Gasteiger partial charge in [0, 0.05) is 71.8 Å². The van der Waals surface area contributed by atoms with Crippen molar-refractivity contribution in [2.24, 2.45) is 0 Å². The SMILES string of the molecule is C[N+](C)(CCO)CCC[N+](C)(CCO)CCCN1C(=O)c2ccc3c4ccc5c6c(ccc(c7ccc(c2c37)C1=O)c64)C(=O)N(CCC[N+](C)(CCO)CCC[N+](C)(C)CCO)C5=O. The normalized spacial score (nSPS) is 16.6. The van der Waals surface area contributed by atoms with Crippen molar-refractivity contribution >= 4 is 66.7 Å². The smallest absolute Gasteiger partial charge is 0.261 e. The summed E-state index contributed by atoms with van der Waals surface area (Å²) < 4.78 is 2.65. The summed E-state index contributed by atoms with van der Waals surface area (Å²) in [5.41, 5.74) is 1.89. The average Bonchev–Trinajstić information content (AvgIpc) is 3.23. The molecule has 2 aliphatic rings. The van der Waals surface area contributed by atoms with E-state index in [-0.39, 0.29) is 63.1 Å². The number of quaternary nitrogens is 4. The maximum atomic E-state index is 14.2. The van der Waals surface area contributed by atoms with E-state index in [2.05, 4.69) is 42.3 Å². The molecular formula is C50H70N6O8+4. The molecule has 0 saturated carbocycles. The van der Waals surface area contributed by atoms with Crippen LogP contribution in [0.3, 0.4) is 0 Å². The van der Waals surface area contributed by atoms with E-state index in [0.29, 0.717) is 103 Å². The summed E-state index contributed by atoms with van der Waals surface area (Å²) in [6, 6.07) is 15.0. The van der Waals surface area contributed by atoms with E-state index in [1.54, 1.807) is 0 Å². The standard InChI is InChI=1S/C50H70N6O8/c1-53(2,27-31-57)21-9-25-55(5,29-33-59)23-7-19-51-47(61)39-15-11-35-37-13-17-41-46-42(18-14-38(44(37)46)36-12-16-40(48(51)62)45(39)43(35)36)50(64)52(49(41)63)20-8-24-56(6,30-34-60)26-10-22-54(3,4)28-32-58/h11-18,57-60H,7-10,19-34H2,1-6H3/q+4. The molecule has 0 aromatic heterocycles. The number of benzene rings is 5. The fourth-order valence-corrected chi connectivity index (χ4v) is 10.7. The third kappa shape index (κ3) is 9.12. The zero-order valence-corrected chi connectivity index (χ0v) is 38.9. The molecule has 4 N–H and O–H groups in total. The molecule has 0 bridgehead atoms. The van der Waals surface area contributed by atoms with Gasteiger partial charge in [0.2, 0.25) is 0 Å². The summed E-state index contributed by atoms with van der Waals surface area (Å²) in [6.45, 7) is 8.16. The lowest BCUT2D eigenvalue weighted by atomic mass is 9.82. The second-order valence-electron chi connectivity index (χ2n) is 20.3. The minimum atomic E-state index is -0.329. The number of aliphatic hydroxyl groups excluding tert-OH is 4. The van der Waals surface area contributed by atoms with Crippen molar-refractivity contribution in [3.8, 4) is 0 Å². The third-order valence-electron chi connectivity index (χ3n) is 14.6. The van der Waals surface area contributed by atoms with Crippen molar-refractivity contribution in [2.45, 2.75) is 25.7 Å². The van der Waals surface area contributed by atoms with Crippen LogP contribution < -0.4 is 0 Å².